The lowest BCUT2D eigenvalue weighted by molar-refractivity contribution is -0.136. The summed E-state index contributed by atoms with van der Waals surface area (Å²) in [6, 6.07) is 11.5. The third kappa shape index (κ3) is 3.19. The van der Waals surface area contributed by atoms with Gasteiger partial charge in [0.15, 0.2) is 0 Å². The summed E-state index contributed by atoms with van der Waals surface area (Å²) in [5.74, 6) is -0.530. The van der Waals surface area contributed by atoms with Crippen LogP contribution in [0.5, 0.6) is 5.75 Å². The standard InChI is InChI=1S/C22H23N3O5S/c1-13-2-7-16-18(11-22(27)28)23-25(20(16)10-13)21-12-24(19-9-8-17(19)21)31(29,30)15-5-3-14(26)4-6-15/h2-7,10,17,19,21,26H,8-9,11-12H2,1H3,(H,27,28)/p+1/t17-,19+,21-/m0/s1. The van der Waals surface area contributed by atoms with Gasteiger partial charge in [-0.15, -0.1) is 0 Å². The Kier molecular flexibility index (Phi) is 4.56. The van der Waals surface area contributed by atoms with Crippen molar-refractivity contribution in [2.75, 3.05) is 6.54 Å². The highest BCUT2D eigenvalue weighted by Gasteiger charge is 2.53. The van der Waals surface area contributed by atoms with Gasteiger partial charge in [0.25, 0.3) is 5.75 Å². The zero-order chi connectivity index (χ0) is 21.9. The van der Waals surface area contributed by atoms with Gasteiger partial charge >= 0.3 is 5.97 Å². The summed E-state index contributed by atoms with van der Waals surface area (Å²) in [7, 11) is -3.69. The smallest absolute Gasteiger partial charge is 0.309 e. The van der Waals surface area contributed by atoms with Crippen LogP contribution in [0.25, 0.3) is 10.9 Å². The van der Waals surface area contributed by atoms with Crippen LogP contribution < -0.4 is 0 Å². The second-order valence-corrected chi connectivity index (χ2v) is 10.3. The first-order valence-corrected chi connectivity index (χ1v) is 11.7. The number of sulfonamides is 1. The maximum atomic E-state index is 13.3. The average molecular weight is 443 g/mol. The summed E-state index contributed by atoms with van der Waals surface area (Å²) >= 11 is 0. The van der Waals surface area contributed by atoms with E-state index in [2.05, 4.69) is 5.10 Å². The van der Waals surface area contributed by atoms with E-state index in [1.54, 1.807) is 4.31 Å². The van der Waals surface area contributed by atoms with Gasteiger partial charge < -0.3 is 10.2 Å². The highest BCUT2D eigenvalue weighted by molar-refractivity contribution is 7.89. The molecule has 1 aliphatic heterocycles. The van der Waals surface area contributed by atoms with Crippen molar-refractivity contribution in [3.63, 3.8) is 0 Å². The molecule has 5 rings (SSSR count). The van der Waals surface area contributed by atoms with Crippen molar-refractivity contribution in [2.24, 2.45) is 5.92 Å². The van der Waals surface area contributed by atoms with Crippen molar-refractivity contribution in [3.8, 4) is 5.75 Å². The molecule has 2 fully saturated rings. The van der Waals surface area contributed by atoms with Gasteiger partial charge in [-0.1, -0.05) is 12.1 Å². The van der Waals surface area contributed by atoms with E-state index in [1.807, 2.05) is 29.8 Å². The highest BCUT2D eigenvalue weighted by Crippen LogP contribution is 2.49. The number of carboxylic acids is 1. The fraction of sp³-hybridized carbons (Fsp3) is 0.364. The van der Waals surface area contributed by atoms with Crippen LogP contribution in [0, 0.1) is 12.8 Å². The van der Waals surface area contributed by atoms with Crippen molar-refractivity contribution in [1.29, 1.82) is 0 Å². The Labute approximate surface area is 179 Å². The molecule has 0 bridgehead atoms. The molecular weight excluding hydrogens is 418 g/mol. The second kappa shape index (κ2) is 7.06. The minimum absolute atomic E-state index is 0.0855. The number of nitrogens with zero attached hydrogens (tertiary/aromatic N) is 3. The van der Waals surface area contributed by atoms with Crippen LogP contribution in [0.2, 0.25) is 0 Å². The lowest BCUT2D eigenvalue weighted by Crippen LogP contribution is -2.43. The van der Waals surface area contributed by atoms with Gasteiger partial charge in [0.05, 0.1) is 28.6 Å². The van der Waals surface area contributed by atoms with Gasteiger partial charge in [-0.25, -0.2) is 8.42 Å². The van der Waals surface area contributed by atoms with E-state index in [1.165, 1.54) is 24.3 Å². The van der Waals surface area contributed by atoms with E-state index in [4.69, 9.17) is 5.11 Å². The van der Waals surface area contributed by atoms with Crippen molar-refractivity contribution in [1.82, 2.24) is 14.1 Å². The predicted molar refractivity (Wildman–Crippen MR) is 115 cm³/mol. The SMILES string of the molecule is Cc1ccc2c(CC(=O)O)nn([C@H]3CN(S(=O)(=O)c4ccc([OH2+])cc4)[C@@H]4CC[C@@H]43)c2c1. The molecule has 1 aromatic heterocycles. The molecule has 3 N–H and O–H groups in total. The first kappa shape index (κ1) is 20.0. The highest BCUT2D eigenvalue weighted by atomic mass is 32.2. The van der Waals surface area contributed by atoms with Crippen molar-refractivity contribution in [2.45, 2.75) is 43.2 Å². The fourth-order valence-corrected chi connectivity index (χ4v) is 6.62. The van der Waals surface area contributed by atoms with Crippen LogP contribution in [0.1, 0.15) is 30.1 Å². The van der Waals surface area contributed by atoms with Gasteiger partial charge in [-0.2, -0.15) is 9.40 Å². The molecule has 162 valence electrons. The summed E-state index contributed by atoms with van der Waals surface area (Å²) in [6.45, 7) is 2.28. The number of fused-ring (bicyclic) bond motifs is 2. The van der Waals surface area contributed by atoms with Gasteiger partial charge in [-0.3, -0.25) is 9.48 Å². The molecule has 8 nitrogen and oxygen atoms in total. The van der Waals surface area contributed by atoms with Crippen molar-refractivity contribution < 1.29 is 23.4 Å². The molecule has 2 aromatic carbocycles. The monoisotopic (exact) mass is 442 g/mol. The van der Waals surface area contributed by atoms with E-state index < -0.39 is 16.0 Å². The molecule has 3 atom stereocenters. The third-order valence-electron chi connectivity index (χ3n) is 6.55. The van der Waals surface area contributed by atoms with Gasteiger partial charge in [-0.05, 0) is 49.4 Å². The Morgan fingerprint density at radius 3 is 2.55 bits per heavy atom. The predicted octanol–water partition coefficient (Wildman–Crippen LogP) is 2.43. The molecule has 1 saturated heterocycles. The molecule has 9 heteroatoms. The maximum Gasteiger partial charge on any atom is 0.309 e. The third-order valence-corrected chi connectivity index (χ3v) is 8.46. The lowest BCUT2D eigenvalue weighted by atomic mass is 9.78. The van der Waals surface area contributed by atoms with E-state index in [-0.39, 0.29) is 35.1 Å². The summed E-state index contributed by atoms with van der Waals surface area (Å²) in [5.41, 5.74) is 2.40. The molecule has 0 spiro atoms. The number of rotatable bonds is 5. The largest absolute Gasteiger partial charge is 0.593 e. The summed E-state index contributed by atoms with van der Waals surface area (Å²) < 4.78 is 30.1. The van der Waals surface area contributed by atoms with Crippen LogP contribution in [0.3, 0.4) is 0 Å². The number of benzene rings is 2. The Morgan fingerprint density at radius 1 is 1.16 bits per heavy atom. The van der Waals surface area contributed by atoms with Crippen LogP contribution in [-0.2, 0) is 21.2 Å². The lowest BCUT2D eigenvalue weighted by Gasteiger charge is -2.36. The Morgan fingerprint density at radius 2 is 1.90 bits per heavy atom. The quantitative estimate of drug-likeness (QED) is 0.610. The van der Waals surface area contributed by atoms with Crippen molar-refractivity contribution >= 4 is 26.9 Å². The maximum absolute atomic E-state index is 13.3. The van der Waals surface area contributed by atoms with Crippen LogP contribution in [0.15, 0.2) is 47.4 Å². The molecule has 2 heterocycles. The van der Waals surface area contributed by atoms with E-state index in [0.717, 1.165) is 29.3 Å². The zero-order valence-corrected chi connectivity index (χ0v) is 17.8. The molecule has 0 amide bonds. The van der Waals surface area contributed by atoms with E-state index in [9.17, 15) is 18.3 Å². The van der Waals surface area contributed by atoms with Crippen molar-refractivity contribution in [3.05, 3.63) is 53.7 Å². The summed E-state index contributed by atoms with van der Waals surface area (Å²) in [6.07, 6.45) is 1.54. The Hall–Kier alpha value is -2.91. The molecule has 1 aliphatic carbocycles. The van der Waals surface area contributed by atoms with Crippen LogP contribution in [0.4, 0.5) is 0 Å². The first-order valence-electron chi connectivity index (χ1n) is 10.3. The number of aliphatic carboxylic acids is 1. The molecule has 3 aromatic rings. The fourth-order valence-electron chi connectivity index (χ4n) is 4.91. The second-order valence-electron chi connectivity index (χ2n) is 8.46. The molecule has 1 saturated carbocycles. The molecule has 0 radical (unpaired) electrons. The van der Waals surface area contributed by atoms with Crippen LogP contribution in [-0.4, -0.2) is 51.3 Å². The first-order chi connectivity index (χ1) is 14.8. The number of carbonyl (C=O) groups is 1. The summed E-state index contributed by atoms with van der Waals surface area (Å²) in [5, 5.41) is 22.4. The topological polar surface area (TPSA) is 115 Å². The number of aromatic nitrogens is 2. The Balaban J connectivity index is 1.55. The number of hydrogen-bond acceptors (Lipinski definition) is 4. The normalized spacial score (nSPS) is 23.6. The van der Waals surface area contributed by atoms with E-state index in [0.29, 0.717) is 12.2 Å². The van der Waals surface area contributed by atoms with E-state index >= 15 is 0 Å². The Bertz CT molecular complexity index is 1280. The minimum atomic E-state index is -3.69. The van der Waals surface area contributed by atoms with Gasteiger partial charge in [0.2, 0.25) is 10.0 Å². The number of hydrogen-bond donors (Lipinski definition) is 1. The molecule has 2 aliphatic rings. The number of aryl methyl sites for hydroxylation is 1. The minimum Gasteiger partial charge on any atom is -0.593 e. The average Bonchev–Trinajstić information content (AvgIpc) is 3.15. The molecule has 31 heavy (non-hydrogen) atoms. The molecular formula is C22H24N3O5S+. The summed E-state index contributed by atoms with van der Waals surface area (Å²) in [4.78, 5) is 11.5. The zero-order valence-electron chi connectivity index (χ0n) is 17.0. The van der Waals surface area contributed by atoms with Crippen LogP contribution >= 0.6 is 0 Å². The van der Waals surface area contributed by atoms with Gasteiger partial charge in [0.1, 0.15) is 0 Å². The molecule has 0 unspecified atom stereocenters. The number of carboxylic acid groups (broad SMARTS) is 1. The van der Waals surface area contributed by atoms with Gasteiger partial charge in [0, 0.05) is 30.1 Å².